The zero-order valence-corrected chi connectivity index (χ0v) is 21.2. The number of nitrogens with zero attached hydrogens (tertiary/aromatic N) is 2. The zero-order chi connectivity index (χ0) is 21.9. The molecule has 1 fully saturated rings. The maximum absolute atomic E-state index is 6.63. The predicted octanol–water partition coefficient (Wildman–Crippen LogP) is 6.71. The summed E-state index contributed by atoms with van der Waals surface area (Å²) in [5.74, 6) is 0.798. The molecule has 0 unspecified atom stereocenters. The number of thiocarbonyl (C=S) groups is 1. The highest BCUT2D eigenvalue weighted by Crippen LogP contribution is 2.43. The van der Waals surface area contributed by atoms with Crippen molar-refractivity contribution in [3.63, 3.8) is 0 Å². The largest absolute Gasteiger partial charge is 0.467 e. The van der Waals surface area contributed by atoms with Gasteiger partial charge >= 0.3 is 0 Å². The highest BCUT2D eigenvalue weighted by atomic mass is 35.5. The van der Waals surface area contributed by atoms with E-state index in [9.17, 15) is 0 Å². The highest BCUT2D eigenvalue weighted by molar-refractivity contribution is 7.80. The van der Waals surface area contributed by atoms with Gasteiger partial charge < -0.3 is 14.4 Å². The molecule has 0 bridgehead atoms. The summed E-state index contributed by atoms with van der Waals surface area (Å²) in [4.78, 5) is 7.29. The Morgan fingerprint density at radius 2 is 2.00 bits per heavy atom. The van der Waals surface area contributed by atoms with Crippen LogP contribution >= 0.6 is 35.4 Å². The van der Waals surface area contributed by atoms with Crippen LogP contribution < -0.4 is 9.64 Å². The molecule has 1 aromatic carbocycles. The van der Waals surface area contributed by atoms with E-state index < -0.39 is 8.07 Å². The monoisotopic (exact) mass is 482 g/mol. The maximum Gasteiger partial charge on any atom is 0.189 e. The fourth-order valence-corrected chi connectivity index (χ4v) is 5.06. The fraction of sp³-hybridized carbons (Fsp3) is 0.455. The first kappa shape index (κ1) is 23.5. The molecule has 8 heteroatoms. The van der Waals surface area contributed by atoms with Crippen LogP contribution in [-0.2, 0) is 4.74 Å². The molecule has 30 heavy (non-hydrogen) atoms. The van der Waals surface area contributed by atoms with Crippen LogP contribution in [0, 0.1) is 6.92 Å². The summed E-state index contributed by atoms with van der Waals surface area (Å²) in [6, 6.07) is 8.75. The number of anilines is 1. The van der Waals surface area contributed by atoms with Gasteiger partial charge in [-0.15, -0.1) is 0 Å². The highest BCUT2D eigenvalue weighted by Gasteiger charge is 2.33. The summed E-state index contributed by atoms with van der Waals surface area (Å²) in [6.45, 7) is 10.6. The molecule has 1 atom stereocenters. The normalized spacial score (nSPS) is 16.9. The lowest BCUT2D eigenvalue weighted by atomic mass is 9.97. The Kier molecular flexibility index (Phi) is 7.79. The third-order valence-electron chi connectivity index (χ3n) is 5.11. The number of halogens is 2. The number of aryl methyl sites for hydroxylation is 1. The SMILES string of the molecule is Cc1cc(N2C[C@@H](c3c(OCOCC[Si](C)(C)C)ccc(Cl)c3Cl)CC2=S)ccn1. The van der Waals surface area contributed by atoms with Crippen molar-refractivity contribution in [1.82, 2.24) is 4.98 Å². The molecule has 3 rings (SSSR count). The summed E-state index contributed by atoms with van der Waals surface area (Å²) >= 11 is 18.7. The van der Waals surface area contributed by atoms with Crippen molar-refractivity contribution < 1.29 is 9.47 Å². The Morgan fingerprint density at radius 1 is 1.23 bits per heavy atom. The van der Waals surface area contributed by atoms with Gasteiger partial charge in [0.15, 0.2) is 6.79 Å². The topological polar surface area (TPSA) is 34.6 Å². The van der Waals surface area contributed by atoms with E-state index in [1.807, 2.05) is 25.1 Å². The molecule has 0 saturated carbocycles. The van der Waals surface area contributed by atoms with Gasteiger partial charge in [0, 0.05) is 56.7 Å². The fourth-order valence-electron chi connectivity index (χ4n) is 3.45. The second kappa shape index (κ2) is 9.96. The number of benzene rings is 1. The van der Waals surface area contributed by atoms with E-state index in [0.717, 1.165) is 34.5 Å². The smallest absolute Gasteiger partial charge is 0.189 e. The van der Waals surface area contributed by atoms with E-state index in [1.54, 1.807) is 12.3 Å². The minimum Gasteiger partial charge on any atom is -0.467 e. The van der Waals surface area contributed by atoms with Crippen LogP contribution in [0.1, 0.15) is 23.6 Å². The summed E-state index contributed by atoms with van der Waals surface area (Å²) in [5.41, 5.74) is 2.90. The minimum atomic E-state index is -1.13. The van der Waals surface area contributed by atoms with Crippen molar-refractivity contribution >= 4 is 54.2 Å². The quantitative estimate of drug-likeness (QED) is 0.180. The van der Waals surface area contributed by atoms with E-state index in [2.05, 4.69) is 29.5 Å². The van der Waals surface area contributed by atoms with E-state index in [0.29, 0.717) is 28.8 Å². The van der Waals surface area contributed by atoms with Crippen molar-refractivity contribution in [1.29, 1.82) is 0 Å². The molecule has 0 spiro atoms. The van der Waals surface area contributed by atoms with Crippen LogP contribution in [0.15, 0.2) is 30.5 Å². The summed E-state index contributed by atoms with van der Waals surface area (Å²) in [7, 11) is -1.13. The van der Waals surface area contributed by atoms with Gasteiger partial charge in [0.1, 0.15) is 5.75 Å². The Balaban J connectivity index is 1.75. The molecule has 1 aliphatic heterocycles. The minimum absolute atomic E-state index is 0.0918. The molecule has 0 amide bonds. The van der Waals surface area contributed by atoms with Crippen molar-refractivity contribution in [3.8, 4) is 5.75 Å². The lowest BCUT2D eigenvalue weighted by Crippen LogP contribution is -2.23. The maximum atomic E-state index is 6.63. The molecule has 0 radical (unpaired) electrons. The molecule has 1 aromatic heterocycles. The Bertz CT molecular complexity index is 920. The van der Waals surface area contributed by atoms with Crippen molar-refractivity contribution in [2.75, 3.05) is 24.8 Å². The zero-order valence-electron chi connectivity index (χ0n) is 17.9. The summed E-state index contributed by atoms with van der Waals surface area (Å²) in [5, 5.41) is 1.04. The summed E-state index contributed by atoms with van der Waals surface area (Å²) in [6.07, 6.45) is 2.52. The summed E-state index contributed by atoms with van der Waals surface area (Å²) < 4.78 is 11.7. The van der Waals surface area contributed by atoms with Gasteiger partial charge in [0.2, 0.25) is 0 Å². The molecule has 162 valence electrons. The van der Waals surface area contributed by atoms with E-state index in [1.165, 1.54) is 0 Å². The average molecular weight is 484 g/mol. The Morgan fingerprint density at radius 3 is 2.70 bits per heavy atom. The number of hydrogen-bond acceptors (Lipinski definition) is 4. The second-order valence-corrected chi connectivity index (χ2v) is 15.7. The van der Waals surface area contributed by atoms with Gasteiger partial charge in [-0.3, -0.25) is 4.98 Å². The molecular weight excluding hydrogens is 455 g/mol. The molecule has 4 nitrogen and oxygen atoms in total. The third-order valence-corrected chi connectivity index (χ3v) is 8.02. The Labute approximate surface area is 195 Å². The van der Waals surface area contributed by atoms with Crippen LogP contribution in [0.25, 0.3) is 0 Å². The van der Waals surface area contributed by atoms with Crippen LogP contribution in [-0.4, -0.2) is 38.0 Å². The second-order valence-electron chi connectivity index (χ2n) is 8.82. The first-order valence-electron chi connectivity index (χ1n) is 10.1. The van der Waals surface area contributed by atoms with Crippen molar-refractivity contribution in [3.05, 3.63) is 51.8 Å². The molecule has 2 heterocycles. The lowest BCUT2D eigenvalue weighted by Gasteiger charge is -2.21. The van der Waals surface area contributed by atoms with Crippen LogP contribution in [0.4, 0.5) is 5.69 Å². The van der Waals surface area contributed by atoms with Crippen molar-refractivity contribution in [2.45, 2.75) is 44.9 Å². The molecule has 1 aliphatic rings. The third kappa shape index (κ3) is 5.95. The van der Waals surface area contributed by atoms with Crippen LogP contribution in [0.3, 0.4) is 0 Å². The Hall–Kier alpha value is -1.18. The van der Waals surface area contributed by atoms with E-state index >= 15 is 0 Å². The van der Waals surface area contributed by atoms with Gasteiger partial charge in [-0.25, -0.2) is 0 Å². The molecule has 2 aromatic rings. The number of pyridine rings is 1. The number of ether oxygens (including phenoxy) is 2. The predicted molar refractivity (Wildman–Crippen MR) is 132 cm³/mol. The van der Waals surface area contributed by atoms with Gasteiger partial charge in [-0.05, 0) is 37.2 Å². The van der Waals surface area contributed by atoms with Crippen LogP contribution in [0.5, 0.6) is 5.75 Å². The molecule has 0 N–H and O–H groups in total. The van der Waals surface area contributed by atoms with Gasteiger partial charge in [-0.1, -0.05) is 55.1 Å². The van der Waals surface area contributed by atoms with Gasteiger partial charge in [0.05, 0.1) is 15.0 Å². The van der Waals surface area contributed by atoms with E-state index in [4.69, 9.17) is 44.9 Å². The average Bonchev–Trinajstić information content (AvgIpc) is 3.04. The van der Waals surface area contributed by atoms with Gasteiger partial charge in [-0.2, -0.15) is 0 Å². The molecule has 1 saturated heterocycles. The number of hydrogen-bond donors (Lipinski definition) is 0. The molecule has 0 aliphatic carbocycles. The van der Waals surface area contributed by atoms with Crippen molar-refractivity contribution in [2.24, 2.45) is 0 Å². The van der Waals surface area contributed by atoms with Gasteiger partial charge in [0.25, 0.3) is 0 Å². The first-order chi connectivity index (χ1) is 14.2. The standard InChI is InChI=1S/C22H28Cl2N2O2SSi/c1-15-11-17(7-8-25-15)26-13-16(12-20(26)29)21-19(6-5-18(23)22(21)24)28-14-27-9-10-30(2,3)4/h5-8,11,16H,9-10,12-14H2,1-4H3/t16-/m0/s1. The first-order valence-corrected chi connectivity index (χ1v) is 14.9. The molecular formula is C22H28Cl2N2O2SSi. The van der Waals surface area contributed by atoms with E-state index in [-0.39, 0.29) is 12.7 Å². The lowest BCUT2D eigenvalue weighted by molar-refractivity contribution is 0.0213. The van der Waals surface area contributed by atoms with Crippen LogP contribution in [0.2, 0.25) is 35.7 Å². The number of aromatic nitrogens is 1. The number of rotatable bonds is 8.